The van der Waals surface area contributed by atoms with Crippen LogP contribution in [0.25, 0.3) is 0 Å². The van der Waals surface area contributed by atoms with Crippen molar-refractivity contribution in [3.8, 4) is 0 Å². The van der Waals surface area contributed by atoms with E-state index in [1.54, 1.807) is 0 Å². The lowest BCUT2D eigenvalue weighted by molar-refractivity contribution is -0.0689. The molecule has 1 aliphatic heterocycles. The van der Waals surface area contributed by atoms with E-state index >= 15 is 0 Å². The number of aromatic nitrogens is 3. The summed E-state index contributed by atoms with van der Waals surface area (Å²) in [5.74, 6) is 0. The van der Waals surface area contributed by atoms with Crippen molar-refractivity contribution < 1.29 is 9.84 Å². The van der Waals surface area contributed by atoms with Gasteiger partial charge in [0.1, 0.15) is 0 Å². The minimum Gasteiger partial charge on any atom is -0.396 e. The van der Waals surface area contributed by atoms with E-state index in [1.165, 1.54) is 38.5 Å². The molecule has 1 aromatic heterocycles. The summed E-state index contributed by atoms with van der Waals surface area (Å²) in [7, 11) is 0. The number of rotatable bonds is 4. The first-order valence-corrected chi connectivity index (χ1v) is 7.47. The van der Waals surface area contributed by atoms with Gasteiger partial charge in [-0.3, -0.25) is 0 Å². The summed E-state index contributed by atoms with van der Waals surface area (Å²) < 4.78 is 8.18. The first-order valence-electron chi connectivity index (χ1n) is 7.47. The van der Waals surface area contributed by atoms with Crippen molar-refractivity contribution in [2.45, 2.75) is 69.6 Å². The van der Waals surface area contributed by atoms with Crippen LogP contribution in [0.4, 0.5) is 0 Å². The van der Waals surface area contributed by atoms with Gasteiger partial charge >= 0.3 is 0 Å². The molecule has 1 saturated carbocycles. The summed E-state index contributed by atoms with van der Waals surface area (Å²) in [6.45, 7) is 0.919. The number of aliphatic hydroxyl groups is 1. The summed E-state index contributed by atoms with van der Waals surface area (Å²) in [6.07, 6.45) is 11.6. The Hall–Kier alpha value is -0.940. The van der Waals surface area contributed by atoms with Crippen LogP contribution in [0.3, 0.4) is 0 Å². The van der Waals surface area contributed by atoms with Crippen molar-refractivity contribution in [1.82, 2.24) is 15.0 Å². The highest BCUT2D eigenvalue weighted by Gasteiger charge is 2.40. The molecule has 0 bridgehead atoms. The summed E-state index contributed by atoms with van der Waals surface area (Å²) in [6, 6.07) is 0. The van der Waals surface area contributed by atoms with E-state index in [4.69, 9.17) is 9.84 Å². The fourth-order valence-corrected chi connectivity index (χ4v) is 3.45. The molecule has 2 heterocycles. The van der Waals surface area contributed by atoms with Crippen LogP contribution in [0.5, 0.6) is 0 Å². The van der Waals surface area contributed by atoms with Crippen LogP contribution in [0.1, 0.15) is 50.6 Å². The highest BCUT2D eigenvalue weighted by Crippen LogP contribution is 2.42. The van der Waals surface area contributed by atoms with Crippen LogP contribution in [0.15, 0.2) is 6.20 Å². The number of nitrogens with zero attached hydrogens (tertiary/aromatic N) is 3. The summed E-state index contributed by atoms with van der Waals surface area (Å²) in [5, 5.41) is 17.0. The molecule has 1 aliphatic carbocycles. The van der Waals surface area contributed by atoms with E-state index in [0.717, 1.165) is 18.7 Å². The normalized spacial score (nSPS) is 26.1. The van der Waals surface area contributed by atoms with Crippen molar-refractivity contribution in [1.29, 1.82) is 0 Å². The standard InChI is InChI=1S/C14H23N3O2/c18-9-5-12-10-17(16-15-12)11-13-4-8-14(19-13)6-2-1-3-7-14/h10,13,18H,1-9,11H2. The van der Waals surface area contributed by atoms with Crippen LogP contribution in [-0.4, -0.2) is 38.4 Å². The van der Waals surface area contributed by atoms with Gasteiger partial charge in [0, 0.05) is 19.2 Å². The number of hydrogen-bond donors (Lipinski definition) is 1. The highest BCUT2D eigenvalue weighted by molar-refractivity contribution is 4.94. The predicted octanol–water partition coefficient (Wildman–Crippen LogP) is 1.69. The maximum absolute atomic E-state index is 8.88. The summed E-state index contributed by atoms with van der Waals surface area (Å²) in [5.41, 5.74) is 1.03. The molecule has 0 aromatic carbocycles. The smallest absolute Gasteiger partial charge is 0.0849 e. The second-order valence-corrected chi connectivity index (χ2v) is 5.93. The van der Waals surface area contributed by atoms with Crippen LogP contribution in [-0.2, 0) is 17.7 Å². The van der Waals surface area contributed by atoms with E-state index in [0.29, 0.717) is 6.42 Å². The molecular weight excluding hydrogens is 242 g/mol. The van der Waals surface area contributed by atoms with Crippen molar-refractivity contribution >= 4 is 0 Å². The minimum atomic E-state index is 0.127. The molecule has 3 rings (SSSR count). The van der Waals surface area contributed by atoms with Gasteiger partial charge in [-0.05, 0) is 25.7 Å². The fraction of sp³-hybridized carbons (Fsp3) is 0.857. The van der Waals surface area contributed by atoms with Crippen molar-refractivity contribution in [3.05, 3.63) is 11.9 Å². The molecule has 2 aliphatic rings. The van der Waals surface area contributed by atoms with E-state index < -0.39 is 0 Å². The molecule has 1 saturated heterocycles. The quantitative estimate of drug-likeness (QED) is 0.900. The van der Waals surface area contributed by atoms with E-state index in [2.05, 4.69) is 10.3 Å². The monoisotopic (exact) mass is 265 g/mol. The summed E-state index contributed by atoms with van der Waals surface area (Å²) >= 11 is 0. The topological polar surface area (TPSA) is 60.2 Å². The van der Waals surface area contributed by atoms with Gasteiger partial charge in [0.2, 0.25) is 0 Å². The Balaban J connectivity index is 1.55. The van der Waals surface area contributed by atoms with Gasteiger partial charge in [0.05, 0.1) is 23.9 Å². The lowest BCUT2D eigenvalue weighted by Crippen LogP contribution is -2.32. The van der Waals surface area contributed by atoms with Gasteiger partial charge < -0.3 is 9.84 Å². The maximum atomic E-state index is 8.88. The van der Waals surface area contributed by atoms with Gasteiger partial charge in [-0.1, -0.05) is 24.5 Å². The largest absolute Gasteiger partial charge is 0.396 e. The Kier molecular flexibility index (Phi) is 3.84. The predicted molar refractivity (Wildman–Crippen MR) is 70.7 cm³/mol. The van der Waals surface area contributed by atoms with Crippen molar-refractivity contribution in [2.75, 3.05) is 6.61 Å². The number of ether oxygens (including phenoxy) is 1. The number of aliphatic hydroxyl groups excluding tert-OH is 1. The van der Waals surface area contributed by atoms with Gasteiger partial charge in [-0.25, -0.2) is 4.68 Å². The molecule has 0 amide bonds. The molecule has 5 nitrogen and oxygen atoms in total. The van der Waals surface area contributed by atoms with Crippen LogP contribution >= 0.6 is 0 Å². The van der Waals surface area contributed by atoms with E-state index in [9.17, 15) is 0 Å². The number of hydrogen-bond acceptors (Lipinski definition) is 4. The van der Waals surface area contributed by atoms with Crippen LogP contribution < -0.4 is 0 Å². The average molecular weight is 265 g/mol. The Morgan fingerprint density at radius 1 is 1.32 bits per heavy atom. The van der Waals surface area contributed by atoms with E-state index in [-0.39, 0.29) is 18.3 Å². The van der Waals surface area contributed by atoms with Crippen LogP contribution in [0, 0.1) is 0 Å². The maximum Gasteiger partial charge on any atom is 0.0849 e. The molecule has 2 fully saturated rings. The molecule has 1 spiro atoms. The molecule has 1 N–H and O–H groups in total. The van der Waals surface area contributed by atoms with Crippen LogP contribution in [0.2, 0.25) is 0 Å². The zero-order chi connectivity index (χ0) is 13.1. The SMILES string of the molecule is OCCc1cn(CC2CCC3(CCCCC3)O2)nn1. The zero-order valence-electron chi connectivity index (χ0n) is 11.4. The summed E-state index contributed by atoms with van der Waals surface area (Å²) in [4.78, 5) is 0. The second kappa shape index (κ2) is 5.59. The highest BCUT2D eigenvalue weighted by atomic mass is 16.5. The second-order valence-electron chi connectivity index (χ2n) is 5.93. The molecule has 1 atom stereocenters. The van der Waals surface area contributed by atoms with Gasteiger partial charge in [-0.15, -0.1) is 5.10 Å². The van der Waals surface area contributed by atoms with Gasteiger partial charge in [-0.2, -0.15) is 0 Å². The molecule has 5 heteroatoms. The Labute approximate surface area is 114 Å². The fourth-order valence-electron chi connectivity index (χ4n) is 3.45. The Bertz CT molecular complexity index is 413. The average Bonchev–Trinajstić information content (AvgIpc) is 3.00. The molecule has 19 heavy (non-hydrogen) atoms. The zero-order valence-corrected chi connectivity index (χ0v) is 11.4. The van der Waals surface area contributed by atoms with Crippen molar-refractivity contribution in [3.63, 3.8) is 0 Å². The third-order valence-corrected chi connectivity index (χ3v) is 4.45. The van der Waals surface area contributed by atoms with Gasteiger partial charge in [0.15, 0.2) is 0 Å². The first kappa shape index (κ1) is 13.1. The van der Waals surface area contributed by atoms with Gasteiger partial charge in [0.25, 0.3) is 0 Å². The van der Waals surface area contributed by atoms with E-state index in [1.807, 2.05) is 10.9 Å². The minimum absolute atomic E-state index is 0.127. The molecular formula is C14H23N3O2. The Morgan fingerprint density at radius 3 is 2.95 bits per heavy atom. The third-order valence-electron chi connectivity index (χ3n) is 4.45. The lowest BCUT2D eigenvalue weighted by Gasteiger charge is -2.33. The lowest BCUT2D eigenvalue weighted by atomic mass is 9.83. The third kappa shape index (κ3) is 2.98. The molecule has 0 radical (unpaired) electrons. The Morgan fingerprint density at radius 2 is 2.16 bits per heavy atom. The molecule has 1 aromatic rings. The first-order chi connectivity index (χ1) is 9.30. The molecule has 1 unspecified atom stereocenters. The van der Waals surface area contributed by atoms with Crippen molar-refractivity contribution in [2.24, 2.45) is 0 Å². The molecule has 106 valence electrons.